The molecule has 6 nitrogen and oxygen atoms in total. The summed E-state index contributed by atoms with van der Waals surface area (Å²) in [5, 5.41) is 2.71. The van der Waals surface area contributed by atoms with E-state index in [0.717, 1.165) is 18.4 Å². The summed E-state index contributed by atoms with van der Waals surface area (Å²) in [7, 11) is 3.19. The second kappa shape index (κ2) is 8.58. The molecule has 1 aliphatic rings. The molecule has 2 aromatic rings. The summed E-state index contributed by atoms with van der Waals surface area (Å²) in [6.45, 7) is 0.663. The van der Waals surface area contributed by atoms with Crippen molar-refractivity contribution in [2.24, 2.45) is 0 Å². The zero-order valence-corrected chi connectivity index (χ0v) is 15.6. The average Bonchev–Trinajstić information content (AvgIpc) is 3.21. The van der Waals surface area contributed by atoms with Crippen molar-refractivity contribution in [3.05, 3.63) is 59.7 Å². The molecular weight excluding hydrogens is 344 g/mol. The van der Waals surface area contributed by atoms with E-state index in [-0.39, 0.29) is 24.4 Å². The lowest BCUT2D eigenvalue weighted by Crippen LogP contribution is -2.39. The van der Waals surface area contributed by atoms with E-state index in [1.165, 1.54) is 0 Å². The van der Waals surface area contributed by atoms with E-state index in [2.05, 4.69) is 5.32 Å². The highest BCUT2D eigenvalue weighted by molar-refractivity contribution is 5.96. The Morgan fingerprint density at radius 2 is 1.81 bits per heavy atom. The van der Waals surface area contributed by atoms with Gasteiger partial charge in [-0.1, -0.05) is 24.3 Å². The van der Waals surface area contributed by atoms with Crippen LogP contribution in [0.4, 0.5) is 0 Å². The minimum absolute atomic E-state index is 0.0164. The van der Waals surface area contributed by atoms with E-state index in [0.29, 0.717) is 23.6 Å². The van der Waals surface area contributed by atoms with Gasteiger partial charge in [-0.3, -0.25) is 9.59 Å². The molecule has 0 spiro atoms. The number of amides is 2. The molecule has 2 aromatic carbocycles. The van der Waals surface area contributed by atoms with Gasteiger partial charge in [0.2, 0.25) is 5.91 Å². The van der Waals surface area contributed by atoms with Crippen LogP contribution in [0.1, 0.15) is 34.8 Å². The first-order chi connectivity index (χ1) is 13.1. The number of ether oxygens (including phenoxy) is 2. The summed E-state index contributed by atoms with van der Waals surface area (Å²) < 4.78 is 10.7. The Morgan fingerprint density at radius 1 is 1.07 bits per heavy atom. The summed E-state index contributed by atoms with van der Waals surface area (Å²) in [5.41, 5.74) is 1.55. The van der Waals surface area contributed by atoms with E-state index in [1.807, 2.05) is 29.2 Å². The number of likely N-dealkylation sites (tertiary alicyclic amines) is 1. The molecular formula is C21H24N2O4. The molecule has 0 bridgehead atoms. The normalized spacial score (nSPS) is 16.1. The van der Waals surface area contributed by atoms with Crippen LogP contribution in [0, 0.1) is 0 Å². The first-order valence-corrected chi connectivity index (χ1v) is 8.98. The SMILES string of the molecule is COc1ccc(C2CCCN2C(=O)CNC(=O)c2ccccc2)cc1OC. The largest absolute Gasteiger partial charge is 0.493 e. The molecule has 1 unspecified atom stereocenters. The molecule has 142 valence electrons. The third-order valence-corrected chi connectivity index (χ3v) is 4.80. The number of nitrogens with zero attached hydrogens (tertiary/aromatic N) is 1. The van der Waals surface area contributed by atoms with Crippen LogP contribution in [-0.2, 0) is 4.79 Å². The van der Waals surface area contributed by atoms with Gasteiger partial charge in [0.25, 0.3) is 5.91 Å². The van der Waals surface area contributed by atoms with E-state index in [9.17, 15) is 9.59 Å². The Balaban J connectivity index is 1.67. The second-order valence-corrected chi connectivity index (χ2v) is 6.41. The van der Waals surface area contributed by atoms with Gasteiger partial charge in [-0.05, 0) is 42.7 Å². The van der Waals surface area contributed by atoms with Crippen molar-refractivity contribution in [1.29, 1.82) is 0 Å². The molecule has 1 atom stereocenters. The van der Waals surface area contributed by atoms with E-state index in [4.69, 9.17) is 9.47 Å². The molecule has 0 radical (unpaired) electrons. The Bertz CT molecular complexity index is 807. The topological polar surface area (TPSA) is 67.9 Å². The van der Waals surface area contributed by atoms with Crippen molar-refractivity contribution >= 4 is 11.8 Å². The lowest BCUT2D eigenvalue weighted by atomic mass is 10.0. The highest BCUT2D eigenvalue weighted by Gasteiger charge is 2.30. The molecule has 2 amide bonds. The summed E-state index contributed by atoms with van der Waals surface area (Å²) in [6.07, 6.45) is 1.81. The Labute approximate surface area is 159 Å². The third kappa shape index (κ3) is 4.22. The highest BCUT2D eigenvalue weighted by atomic mass is 16.5. The quantitative estimate of drug-likeness (QED) is 0.851. The standard InChI is InChI=1S/C21H24N2O4/c1-26-18-11-10-16(13-19(18)27-2)17-9-6-12-23(17)20(24)14-22-21(25)15-7-4-3-5-8-15/h3-5,7-8,10-11,13,17H,6,9,12,14H2,1-2H3,(H,22,25). The molecule has 6 heteroatoms. The number of hydrogen-bond donors (Lipinski definition) is 1. The molecule has 0 saturated carbocycles. The van der Waals surface area contributed by atoms with Crippen molar-refractivity contribution < 1.29 is 19.1 Å². The van der Waals surface area contributed by atoms with Gasteiger partial charge < -0.3 is 19.7 Å². The van der Waals surface area contributed by atoms with Crippen LogP contribution < -0.4 is 14.8 Å². The number of carbonyl (C=O) groups is 2. The van der Waals surface area contributed by atoms with Gasteiger partial charge in [0, 0.05) is 12.1 Å². The van der Waals surface area contributed by atoms with Gasteiger partial charge in [0.15, 0.2) is 11.5 Å². The van der Waals surface area contributed by atoms with Crippen LogP contribution in [0.3, 0.4) is 0 Å². The van der Waals surface area contributed by atoms with Gasteiger partial charge >= 0.3 is 0 Å². The number of nitrogens with one attached hydrogen (secondary N) is 1. The fourth-order valence-corrected chi connectivity index (χ4v) is 3.42. The van der Waals surface area contributed by atoms with Crippen molar-refractivity contribution in [1.82, 2.24) is 10.2 Å². The lowest BCUT2D eigenvalue weighted by molar-refractivity contribution is -0.131. The zero-order valence-electron chi connectivity index (χ0n) is 15.6. The molecule has 1 saturated heterocycles. The van der Waals surface area contributed by atoms with Gasteiger partial charge in [-0.2, -0.15) is 0 Å². The van der Waals surface area contributed by atoms with Crippen LogP contribution in [0.25, 0.3) is 0 Å². The third-order valence-electron chi connectivity index (χ3n) is 4.80. The van der Waals surface area contributed by atoms with Gasteiger partial charge in [-0.25, -0.2) is 0 Å². The minimum Gasteiger partial charge on any atom is -0.493 e. The Morgan fingerprint density at radius 3 is 2.52 bits per heavy atom. The number of carbonyl (C=O) groups excluding carboxylic acids is 2. The van der Waals surface area contributed by atoms with Crippen LogP contribution in [0.15, 0.2) is 48.5 Å². The summed E-state index contributed by atoms with van der Waals surface area (Å²) >= 11 is 0. The van der Waals surface area contributed by atoms with Gasteiger partial charge in [-0.15, -0.1) is 0 Å². The van der Waals surface area contributed by atoms with Crippen LogP contribution in [0.2, 0.25) is 0 Å². The van der Waals surface area contributed by atoms with E-state index in [1.54, 1.807) is 38.5 Å². The van der Waals surface area contributed by atoms with E-state index < -0.39 is 0 Å². The number of benzene rings is 2. The predicted octanol–water partition coefficient (Wildman–Crippen LogP) is 2.80. The average molecular weight is 368 g/mol. The van der Waals surface area contributed by atoms with Crippen molar-refractivity contribution in [3.63, 3.8) is 0 Å². The maximum absolute atomic E-state index is 12.7. The Kier molecular flexibility index (Phi) is 5.96. The van der Waals surface area contributed by atoms with Crippen molar-refractivity contribution in [3.8, 4) is 11.5 Å². The van der Waals surface area contributed by atoms with Gasteiger partial charge in [0.05, 0.1) is 26.8 Å². The molecule has 27 heavy (non-hydrogen) atoms. The predicted molar refractivity (Wildman–Crippen MR) is 102 cm³/mol. The summed E-state index contributed by atoms with van der Waals surface area (Å²) in [5.74, 6) is 0.973. The van der Waals surface area contributed by atoms with Crippen LogP contribution >= 0.6 is 0 Å². The summed E-state index contributed by atoms with van der Waals surface area (Å²) in [4.78, 5) is 26.7. The fourth-order valence-electron chi connectivity index (χ4n) is 3.42. The molecule has 1 fully saturated rings. The molecule has 1 heterocycles. The van der Waals surface area contributed by atoms with Crippen LogP contribution in [0.5, 0.6) is 11.5 Å². The molecule has 3 rings (SSSR count). The van der Waals surface area contributed by atoms with E-state index >= 15 is 0 Å². The van der Waals surface area contributed by atoms with Crippen molar-refractivity contribution in [2.75, 3.05) is 27.3 Å². The van der Waals surface area contributed by atoms with Gasteiger partial charge in [0.1, 0.15) is 0 Å². The highest BCUT2D eigenvalue weighted by Crippen LogP contribution is 2.36. The zero-order chi connectivity index (χ0) is 19.2. The maximum atomic E-state index is 12.7. The number of methoxy groups -OCH3 is 2. The molecule has 1 N–H and O–H groups in total. The summed E-state index contributed by atoms with van der Waals surface area (Å²) in [6, 6.07) is 14.6. The first kappa shape index (κ1) is 18.8. The van der Waals surface area contributed by atoms with Crippen molar-refractivity contribution in [2.45, 2.75) is 18.9 Å². The first-order valence-electron chi connectivity index (χ1n) is 8.98. The maximum Gasteiger partial charge on any atom is 0.251 e. The molecule has 0 aliphatic carbocycles. The van der Waals surface area contributed by atoms with Crippen LogP contribution in [-0.4, -0.2) is 44.0 Å². The minimum atomic E-state index is -0.245. The Hall–Kier alpha value is -3.02. The smallest absolute Gasteiger partial charge is 0.251 e. The number of rotatable bonds is 6. The number of hydrogen-bond acceptors (Lipinski definition) is 4. The fraction of sp³-hybridized carbons (Fsp3) is 0.333. The molecule has 1 aliphatic heterocycles. The monoisotopic (exact) mass is 368 g/mol. The second-order valence-electron chi connectivity index (χ2n) is 6.41. The molecule has 0 aromatic heterocycles. The lowest BCUT2D eigenvalue weighted by Gasteiger charge is -2.26.